The van der Waals surface area contributed by atoms with Gasteiger partial charge in [-0.05, 0) is 0 Å². The van der Waals surface area contributed by atoms with Crippen LogP contribution in [-0.2, 0) is 0 Å². The van der Waals surface area contributed by atoms with Crippen molar-refractivity contribution < 1.29 is 15.0 Å². The molecule has 0 saturated carbocycles. The molecule has 12 heavy (non-hydrogen) atoms. The number of carbonyl (C=O) groups is 1. The first-order valence-corrected chi connectivity index (χ1v) is 5.57. The summed E-state index contributed by atoms with van der Waals surface area (Å²) < 4.78 is 1.41. The van der Waals surface area contributed by atoms with Crippen LogP contribution in [0.15, 0.2) is 24.3 Å². The number of carboxylic acid groups (broad SMARTS) is 2. The molecule has 0 aromatic heterocycles. The van der Waals surface area contributed by atoms with Gasteiger partial charge in [0.2, 0.25) is 0 Å². The van der Waals surface area contributed by atoms with E-state index in [4.69, 9.17) is 26.6 Å². The number of halogens is 1. The third kappa shape index (κ3) is 7.77. The number of hydrogen-bond donors (Lipinski definition) is 2. The van der Waals surface area contributed by atoms with Crippen LogP contribution in [0.5, 0.6) is 0 Å². The molecule has 2 N–H and O–H groups in total. The Labute approximate surface area is 89.8 Å². The quantitative estimate of drug-likeness (QED) is 0.651. The van der Waals surface area contributed by atoms with E-state index in [1.165, 1.54) is 3.27 Å². The summed E-state index contributed by atoms with van der Waals surface area (Å²) in [6.07, 6.45) is -1.83. The Morgan fingerprint density at radius 2 is 1.58 bits per heavy atom. The Balaban J connectivity index is 0.000000261. The predicted molar refractivity (Wildman–Crippen MR) is 50.3 cm³/mol. The second-order valence-corrected chi connectivity index (χ2v) is 4.86. The van der Waals surface area contributed by atoms with Gasteiger partial charge in [0.25, 0.3) is 0 Å². The average molecular weight is 385 g/mol. The smallest absolute Gasteiger partial charge is 0.450 e. The Morgan fingerprint density at radius 3 is 1.83 bits per heavy atom. The van der Waals surface area contributed by atoms with Gasteiger partial charge in [-0.1, -0.05) is 0 Å². The molecule has 0 aliphatic rings. The largest absolute Gasteiger partial charge is 0.503 e. The molecule has 0 aliphatic carbocycles. The van der Waals surface area contributed by atoms with Gasteiger partial charge in [0.1, 0.15) is 0 Å². The van der Waals surface area contributed by atoms with E-state index in [1.807, 2.05) is 12.1 Å². The van der Waals surface area contributed by atoms with Crippen molar-refractivity contribution in [3.05, 3.63) is 29.3 Å². The van der Waals surface area contributed by atoms with Crippen LogP contribution in [0.4, 0.5) is 4.79 Å². The minimum atomic E-state index is -1.83. The van der Waals surface area contributed by atoms with Crippen LogP contribution in [0.2, 0.25) is 5.02 Å². The zero-order valence-electron chi connectivity index (χ0n) is 6.07. The summed E-state index contributed by atoms with van der Waals surface area (Å²) in [5.41, 5.74) is 0. The molecule has 0 bridgehead atoms. The minimum absolute atomic E-state index is 0.828. The number of rotatable bonds is 0. The number of benzene rings is 1. The molecule has 1 aromatic carbocycles. The van der Waals surface area contributed by atoms with Crippen LogP contribution < -0.4 is 3.27 Å². The number of hydrogen-bond acceptors (Lipinski definition) is 1. The molecule has 0 radical (unpaired) electrons. The standard InChI is InChI=1S/C6H4Cl.CH2O3.Bi.2H/c7-6-4-2-1-3-5-6;2-1(3)4;;;/h2-5H;(H2,2,3,4);;;. The van der Waals surface area contributed by atoms with Gasteiger partial charge in [0.15, 0.2) is 0 Å². The zero-order chi connectivity index (χ0) is 9.56. The van der Waals surface area contributed by atoms with Gasteiger partial charge >= 0.3 is 75.0 Å². The molecule has 0 unspecified atom stereocenters. The molecule has 0 atom stereocenters. The molecule has 3 nitrogen and oxygen atoms in total. The van der Waals surface area contributed by atoms with Crippen LogP contribution in [0, 0.1) is 0 Å². The van der Waals surface area contributed by atoms with Crippen molar-refractivity contribution in [2.24, 2.45) is 0 Å². The van der Waals surface area contributed by atoms with Crippen molar-refractivity contribution in [1.29, 1.82) is 0 Å². The molecule has 0 aliphatic heterocycles. The van der Waals surface area contributed by atoms with Crippen molar-refractivity contribution in [3.8, 4) is 0 Å². The van der Waals surface area contributed by atoms with E-state index >= 15 is 0 Å². The van der Waals surface area contributed by atoms with E-state index in [2.05, 4.69) is 12.1 Å². The summed E-state index contributed by atoms with van der Waals surface area (Å²) in [5.74, 6) is 0. The summed E-state index contributed by atoms with van der Waals surface area (Å²) >= 11 is 6.56. The van der Waals surface area contributed by atoms with Crippen LogP contribution >= 0.6 is 11.6 Å². The fourth-order valence-corrected chi connectivity index (χ4v) is 1.34. The molecule has 66 valence electrons. The Hall–Kier alpha value is -0.337. The molecule has 0 saturated heterocycles. The van der Waals surface area contributed by atoms with Gasteiger partial charge in [-0.15, -0.1) is 0 Å². The zero-order valence-corrected chi connectivity index (χ0v) is 11.3. The Bertz CT molecular complexity index is 222. The van der Waals surface area contributed by atoms with E-state index in [1.54, 1.807) is 0 Å². The summed E-state index contributed by atoms with van der Waals surface area (Å²) in [5, 5.41) is 14.8. The van der Waals surface area contributed by atoms with Gasteiger partial charge in [-0.2, -0.15) is 0 Å². The van der Waals surface area contributed by atoms with E-state index in [0.717, 1.165) is 29.7 Å². The molecule has 1 aromatic rings. The van der Waals surface area contributed by atoms with Gasteiger partial charge in [-0.25, -0.2) is 4.79 Å². The summed E-state index contributed by atoms with van der Waals surface area (Å²) in [7, 11) is 0. The van der Waals surface area contributed by atoms with Gasteiger partial charge in [0, 0.05) is 0 Å². The van der Waals surface area contributed by atoms with Gasteiger partial charge in [0.05, 0.1) is 0 Å². The maximum atomic E-state index is 8.56. The van der Waals surface area contributed by atoms with E-state index in [0.29, 0.717) is 0 Å². The van der Waals surface area contributed by atoms with Crippen LogP contribution in [-0.4, -0.2) is 41.1 Å². The normalized spacial score (nSPS) is 8.17. The molecular formula is C7H8BiClO3. The van der Waals surface area contributed by atoms with Gasteiger partial charge in [-0.3, -0.25) is 0 Å². The van der Waals surface area contributed by atoms with Crippen molar-refractivity contribution in [1.82, 2.24) is 0 Å². The Kier molecular flexibility index (Phi) is 6.03. The summed E-state index contributed by atoms with van der Waals surface area (Å²) in [6, 6.07) is 7.98. The minimum Gasteiger partial charge on any atom is -0.450 e. The first-order valence-electron chi connectivity index (χ1n) is 2.95. The second kappa shape index (κ2) is 6.21. The molecule has 0 heterocycles. The molecule has 1 rings (SSSR count). The van der Waals surface area contributed by atoms with Gasteiger partial charge < -0.3 is 10.2 Å². The fourth-order valence-electron chi connectivity index (χ4n) is 0.463. The first-order chi connectivity index (χ1) is 5.52. The average Bonchev–Trinajstić information content (AvgIpc) is 1.94. The second-order valence-electron chi connectivity index (χ2n) is 1.83. The maximum absolute atomic E-state index is 8.56. The summed E-state index contributed by atoms with van der Waals surface area (Å²) in [4.78, 5) is 8.56. The van der Waals surface area contributed by atoms with E-state index in [-0.39, 0.29) is 0 Å². The van der Waals surface area contributed by atoms with Crippen molar-refractivity contribution in [3.63, 3.8) is 0 Å². The predicted octanol–water partition coefficient (Wildman–Crippen LogP) is 0.821. The molecule has 0 amide bonds. The molecular weight excluding hydrogens is 377 g/mol. The van der Waals surface area contributed by atoms with Crippen molar-refractivity contribution in [2.45, 2.75) is 0 Å². The fraction of sp³-hybridized carbons (Fsp3) is 0. The molecule has 0 fully saturated rings. The van der Waals surface area contributed by atoms with E-state index < -0.39 is 6.16 Å². The van der Waals surface area contributed by atoms with Crippen LogP contribution in [0.25, 0.3) is 0 Å². The topological polar surface area (TPSA) is 57.5 Å². The Morgan fingerprint density at radius 1 is 1.25 bits per heavy atom. The monoisotopic (exact) mass is 384 g/mol. The van der Waals surface area contributed by atoms with E-state index in [9.17, 15) is 0 Å². The van der Waals surface area contributed by atoms with Crippen LogP contribution in [0.1, 0.15) is 0 Å². The first kappa shape index (κ1) is 11.7. The third-order valence-corrected chi connectivity index (χ3v) is 2.62. The van der Waals surface area contributed by atoms with Crippen molar-refractivity contribution in [2.75, 3.05) is 0 Å². The third-order valence-electron chi connectivity index (χ3n) is 0.870. The summed E-state index contributed by atoms with van der Waals surface area (Å²) in [6.45, 7) is 0. The molecule has 5 heteroatoms. The maximum Gasteiger partial charge on any atom is 0.503 e. The SMILES string of the molecule is Clc1cc[c]([BiH2])cc1.O=C(O)O. The molecule has 0 spiro atoms. The van der Waals surface area contributed by atoms with Crippen LogP contribution in [0.3, 0.4) is 0 Å². The van der Waals surface area contributed by atoms with Crippen molar-refractivity contribution >= 4 is 45.7 Å².